The lowest BCUT2D eigenvalue weighted by molar-refractivity contribution is 0.0690. The molecule has 0 amide bonds. The summed E-state index contributed by atoms with van der Waals surface area (Å²) in [5, 5.41) is 15.4. The zero-order chi connectivity index (χ0) is 13.8. The van der Waals surface area contributed by atoms with Crippen LogP contribution in [0.15, 0.2) is 24.3 Å². The van der Waals surface area contributed by atoms with Crippen molar-refractivity contribution < 1.29 is 14.6 Å². The van der Waals surface area contributed by atoms with Crippen LogP contribution in [0.25, 0.3) is 11.3 Å². The van der Waals surface area contributed by atoms with Crippen LogP contribution in [0.2, 0.25) is 0 Å². The summed E-state index contributed by atoms with van der Waals surface area (Å²) in [6.07, 6.45) is 2.01. The average Bonchev–Trinajstić information content (AvgIpc) is 2.88. The molecule has 0 aliphatic carbocycles. The fraction of sp³-hybridized carbons (Fsp3) is 0.286. The number of carboxylic acids is 1. The molecule has 100 valence electrons. The largest absolute Gasteiger partial charge is 0.496 e. The lowest BCUT2D eigenvalue weighted by Crippen LogP contribution is -1.95. The van der Waals surface area contributed by atoms with E-state index in [1.54, 1.807) is 7.11 Å². The Morgan fingerprint density at radius 2 is 2.21 bits per heavy atom. The molecule has 5 heteroatoms. The van der Waals surface area contributed by atoms with Gasteiger partial charge in [0.25, 0.3) is 0 Å². The standard InChI is InChI=1S/C14H16N2O3/c1-3-4-9-5-6-13(19-2)10(7-9)11-8-12(14(17)18)16-15-11/h5-8H,3-4H2,1-2H3,(H,15,16)(H,17,18). The van der Waals surface area contributed by atoms with E-state index in [9.17, 15) is 4.79 Å². The number of nitrogens with one attached hydrogen (secondary N) is 1. The summed E-state index contributed by atoms with van der Waals surface area (Å²) in [6, 6.07) is 7.39. The zero-order valence-corrected chi connectivity index (χ0v) is 10.9. The topological polar surface area (TPSA) is 75.2 Å². The molecule has 1 aromatic carbocycles. The first-order chi connectivity index (χ1) is 9.15. The molecule has 0 fully saturated rings. The number of methoxy groups -OCH3 is 1. The van der Waals surface area contributed by atoms with Crippen molar-refractivity contribution in [3.63, 3.8) is 0 Å². The number of carbonyl (C=O) groups is 1. The Bertz CT molecular complexity index is 590. The van der Waals surface area contributed by atoms with Gasteiger partial charge in [0.15, 0.2) is 0 Å². The quantitative estimate of drug-likeness (QED) is 0.866. The van der Waals surface area contributed by atoms with Crippen molar-refractivity contribution in [2.24, 2.45) is 0 Å². The third-order valence-corrected chi connectivity index (χ3v) is 2.89. The van der Waals surface area contributed by atoms with E-state index in [1.807, 2.05) is 18.2 Å². The van der Waals surface area contributed by atoms with Crippen LogP contribution in [0.3, 0.4) is 0 Å². The third kappa shape index (κ3) is 2.76. The van der Waals surface area contributed by atoms with Crippen LogP contribution in [0.5, 0.6) is 5.75 Å². The smallest absolute Gasteiger partial charge is 0.353 e. The number of aryl methyl sites for hydroxylation is 1. The minimum atomic E-state index is -1.03. The van der Waals surface area contributed by atoms with Gasteiger partial charge in [-0.1, -0.05) is 19.4 Å². The number of hydrogen-bond donors (Lipinski definition) is 2. The Kier molecular flexibility index (Phi) is 3.85. The number of ether oxygens (including phenoxy) is 1. The van der Waals surface area contributed by atoms with Crippen molar-refractivity contribution >= 4 is 5.97 Å². The zero-order valence-electron chi connectivity index (χ0n) is 10.9. The Hall–Kier alpha value is -2.30. The summed E-state index contributed by atoms with van der Waals surface area (Å²) >= 11 is 0. The molecule has 0 unspecified atom stereocenters. The number of aromatic carboxylic acids is 1. The van der Waals surface area contributed by atoms with Gasteiger partial charge in [-0.05, 0) is 30.2 Å². The van der Waals surface area contributed by atoms with Crippen molar-refractivity contribution in [2.75, 3.05) is 7.11 Å². The third-order valence-electron chi connectivity index (χ3n) is 2.89. The highest BCUT2D eigenvalue weighted by Gasteiger charge is 2.13. The SMILES string of the molecule is CCCc1ccc(OC)c(-c2cc(C(=O)O)[nH]n2)c1. The molecule has 2 rings (SSSR count). The number of nitrogens with zero attached hydrogens (tertiary/aromatic N) is 1. The van der Waals surface area contributed by atoms with Crippen LogP contribution in [0.1, 0.15) is 29.4 Å². The average molecular weight is 260 g/mol. The Balaban J connectivity index is 2.45. The van der Waals surface area contributed by atoms with Crippen LogP contribution in [-0.2, 0) is 6.42 Å². The molecule has 19 heavy (non-hydrogen) atoms. The second-order valence-corrected chi connectivity index (χ2v) is 4.26. The second kappa shape index (κ2) is 5.56. The first-order valence-electron chi connectivity index (χ1n) is 6.11. The summed E-state index contributed by atoms with van der Waals surface area (Å²) in [4.78, 5) is 10.9. The van der Waals surface area contributed by atoms with Gasteiger partial charge in [-0.25, -0.2) is 4.79 Å². The van der Waals surface area contributed by atoms with Gasteiger partial charge < -0.3 is 9.84 Å². The molecule has 0 atom stereocenters. The predicted molar refractivity (Wildman–Crippen MR) is 71.5 cm³/mol. The number of hydrogen-bond acceptors (Lipinski definition) is 3. The fourth-order valence-electron chi connectivity index (χ4n) is 1.97. The van der Waals surface area contributed by atoms with Gasteiger partial charge in [0, 0.05) is 5.56 Å². The van der Waals surface area contributed by atoms with Crippen LogP contribution < -0.4 is 4.74 Å². The molecule has 0 bridgehead atoms. The Morgan fingerprint density at radius 3 is 2.79 bits per heavy atom. The number of carboxylic acid groups (broad SMARTS) is 1. The van der Waals surface area contributed by atoms with Gasteiger partial charge in [-0.15, -0.1) is 0 Å². The number of benzene rings is 1. The lowest BCUT2D eigenvalue weighted by Gasteiger charge is -2.08. The van der Waals surface area contributed by atoms with E-state index in [0.717, 1.165) is 18.4 Å². The van der Waals surface area contributed by atoms with E-state index < -0.39 is 5.97 Å². The number of H-pyrrole nitrogens is 1. The molecular weight excluding hydrogens is 244 g/mol. The Labute approximate surface area is 111 Å². The fourth-order valence-corrected chi connectivity index (χ4v) is 1.97. The van der Waals surface area contributed by atoms with Gasteiger partial charge in [-0.3, -0.25) is 5.10 Å². The molecule has 0 aliphatic heterocycles. The van der Waals surface area contributed by atoms with Gasteiger partial charge in [0.05, 0.1) is 12.8 Å². The number of rotatable bonds is 5. The van der Waals surface area contributed by atoms with Crippen molar-refractivity contribution in [1.29, 1.82) is 0 Å². The molecule has 2 N–H and O–H groups in total. The van der Waals surface area contributed by atoms with E-state index in [-0.39, 0.29) is 5.69 Å². The van der Waals surface area contributed by atoms with E-state index in [1.165, 1.54) is 11.6 Å². The molecular formula is C14H16N2O3. The summed E-state index contributed by atoms with van der Waals surface area (Å²) in [6.45, 7) is 2.11. The van der Waals surface area contributed by atoms with Crippen molar-refractivity contribution in [3.8, 4) is 17.0 Å². The van der Waals surface area contributed by atoms with Gasteiger partial charge in [0.1, 0.15) is 11.4 Å². The summed E-state index contributed by atoms with van der Waals surface area (Å²) in [5.41, 5.74) is 2.63. The highest BCUT2D eigenvalue weighted by molar-refractivity contribution is 5.87. The normalized spacial score (nSPS) is 10.4. The minimum absolute atomic E-state index is 0.0675. The summed E-state index contributed by atoms with van der Waals surface area (Å²) in [7, 11) is 1.59. The van der Waals surface area contributed by atoms with Crippen LogP contribution in [-0.4, -0.2) is 28.4 Å². The molecule has 0 saturated carbocycles. The van der Waals surface area contributed by atoms with Crippen molar-refractivity contribution in [3.05, 3.63) is 35.5 Å². The lowest BCUT2D eigenvalue weighted by atomic mass is 10.0. The number of aromatic amines is 1. The first-order valence-corrected chi connectivity index (χ1v) is 6.11. The summed E-state index contributed by atoms with van der Waals surface area (Å²) in [5.74, 6) is -0.342. The molecule has 5 nitrogen and oxygen atoms in total. The van der Waals surface area contributed by atoms with Crippen molar-refractivity contribution in [2.45, 2.75) is 19.8 Å². The minimum Gasteiger partial charge on any atom is -0.496 e. The molecule has 1 heterocycles. The monoisotopic (exact) mass is 260 g/mol. The molecule has 2 aromatic rings. The highest BCUT2D eigenvalue weighted by atomic mass is 16.5. The van der Waals surface area contributed by atoms with Crippen LogP contribution in [0.4, 0.5) is 0 Å². The molecule has 0 spiro atoms. The maximum Gasteiger partial charge on any atom is 0.353 e. The molecule has 1 aromatic heterocycles. The van der Waals surface area contributed by atoms with Gasteiger partial charge in [-0.2, -0.15) is 5.10 Å². The summed E-state index contributed by atoms with van der Waals surface area (Å²) < 4.78 is 5.30. The van der Waals surface area contributed by atoms with E-state index in [2.05, 4.69) is 17.1 Å². The Morgan fingerprint density at radius 1 is 1.42 bits per heavy atom. The number of aromatic nitrogens is 2. The van der Waals surface area contributed by atoms with Gasteiger partial charge in [0.2, 0.25) is 0 Å². The molecule has 0 saturated heterocycles. The maximum atomic E-state index is 10.9. The van der Waals surface area contributed by atoms with Crippen LogP contribution >= 0.6 is 0 Å². The molecule has 0 radical (unpaired) electrons. The second-order valence-electron chi connectivity index (χ2n) is 4.26. The van der Waals surface area contributed by atoms with E-state index in [0.29, 0.717) is 11.4 Å². The highest BCUT2D eigenvalue weighted by Crippen LogP contribution is 2.30. The maximum absolute atomic E-state index is 10.9. The first kappa shape index (κ1) is 13.1. The van der Waals surface area contributed by atoms with E-state index in [4.69, 9.17) is 9.84 Å². The molecule has 0 aliphatic rings. The van der Waals surface area contributed by atoms with Gasteiger partial charge >= 0.3 is 5.97 Å². The predicted octanol–water partition coefficient (Wildman–Crippen LogP) is 2.74. The van der Waals surface area contributed by atoms with Crippen molar-refractivity contribution in [1.82, 2.24) is 10.2 Å². The van der Waals surface area contributed by atoms with Crippen LogP contribution in [0, 0.1) is 0 Å². The van der Waals surface area contributed by atoms with E-state index >= 15 is 0 Å².